The zero-order valence-corrected chi connectivity index (χ0v) is 14.0. The van der Waals surface area contributed by atoms with Crippen LogP contribution < -0.4 is 0 Å². The lowest BCUT2D eigenvalue weighted by atomic mass is 9.81. The lowest BCUT2D eigenvalue weighted by Gasteiger charge is -2.39. The van der Waals surface area contributed by atoms with Crippen molar-refractivity contribution in [3.63, 3.8) is 0 Å². The van der Waals surface area contributed by atoms with E-state index in [1.807, 2.05) is 19.1 Å². The summed E-state index contributed by atoms with van der Waals surface area (Å²) in [6.45, 7) is 2.06. The molecule has 0 radical (unpaired) electrons. The molecule has 0 bridgehead atoms. The summed E-state index contributed by atoms with van der Waals surface area (Å²) in [6, 6.07) is 5.56. The van der Waals surface area contributed by atoms with Gasteiger partial charge in [0.05, 0.1) is 12.2 Å². The highest BCUT2D eigenvalue weighted by atomic mass is 16.5. The van der Waals surface area contributed by atoms with Crippen molar-refractivity contribution in [3.8, 4) is 5.75 Å². The number of ether oxygens (including phenoxy) is 1. The molecule has 0 unspecified atom stereocenters. The normalized spacial score (nSPS) is 30.5. The van der Waals surface area contributed by atoms with Gasteiger partial charge in [-0.25, -0.2) is 0 Å². The van der Waals surface area contributed by atoms with Crippen molar-refractivity contribution in [2.45, 2.75) is 57.0 Å². The summed E-state index contributed by atoms with van der Waals surface area (Å²) in [5.74, 6) is -0.180. The summed E-state index contributed by atoms with van der Waals surface area (Å²) in [7, 11) is 0. The Hall–Kier alpha value is -1.18. The van der Waals surface area contributed by atoms with Crippen LogP contribution in [0.2, 0.25) is 0 Å². The number of phenols is 1. The fourth-order valence-electron chi connectivity index (χ4n) is 3.17. The molecular weight excluding hydrogens is 312 g/mol. The Labute approximate surface area is 142 Å². The maximum atomic E-state index is 9.97. The van der Waals surface area contributed by atoms with Crippen LogP contribution in [0.3, 0.4) is 0 Å². The Balaban J connectivity index is 1.72. The van der Waals surface area contributed by atoms with Crippen molar-refractivity contribution in [2.24, 2.45) is 5.92 Å². The molecule has 5 atom stereocenters. The molecule has 136 valence electrons. The lowest BCUT2D eigenvalue weighted by Crippen LogP contribution is -2.55. The van der Waals surface area contributed by atoms with Gasteiger partial charge in [-0.1, -0.05) is 12.1 Å². The molecule has 0 aliphatic heterocycles. The van der Waals surface area contributed by atoms with E-state index in [2.05, 4.69) is 0 Å². The van der Waals surface area contributed by atoms with E-state index in [0.717, 1.165) is 30.4 Å². The predicted molar refractivity (Wildman–Crippen MR) is 88.7 cm³/mol. The minimum absolute atomic E-state index is 0.245. The number of aliphatic hydroxyl groups is 4. The molecular formula is C18H28O6. The first-order valence-corrected chi connectivity index (χ1v) is 8.49. The summed E-state index contributed by atoms with van der Waals surface area (Å²) >= 11 is 0. The van der Waals surface area contributed by atoms with E-state index < -0.39 is 30.3 Å². The minimum atomic E-state index is -1.29. The number of phenolic OH excluding ortho intramolecular Hbond substituents is 1. The van der Waals surface area contributed by atoms with E-state index in [1.165, 1.54) is 0 Å². The zero-order valence-electron chi connectivity index (χ0n) is 14.0. The van der Waals surface area contributed by atoms with Gasteiger partial charge in [0.1, 0.15) is 18.0 Å². The predicted octanol–water partition coefficient (Wildman–Crippen LogP) is 0.503. The molecule has 5 N–H and O–H groups in total. The van der Waals surface area contributed by atoms with Crippen LogP contribution in [-0.2, 0) is 11.2 Å². The summed E-state index contributed by atoms with van der Waals surface area (Å²) in [5, 5.41) is 48.3. The third-order valence-corrected chi connectivity index (χ3v) is 4.79. The van der Waals surface area contributed by atoms with Crippen molar-refractivity contribution in [1.82, 2.24) is 0 Å². The fraction of sp³-hybridized carbons (Fsp3) is 0.667. The number of unbranched alkanes of at least 4 members (excludes halogenated alkanes) is 1. The van der Waals surface area contributed by atoms with Crippen molar-refractivity contribution in [1.29, 1.82) is 0 Å². The highest BCUT2D eigenvalue weighted by Crippen LogP contribution is 2.27. The first kappa shape index (κ1) is 19.1. The quantitative estimate of drug-likeness (QED) is 0.463. The molecule has 0 spiro atoms. The molecule has 0 aromatic heterocycles. The average molecular weight is 340 g/mol. The van der Waals surface area contributed by atoms with Crippen LogP contribution in [0.1, 0.15) is 30.4 Å². The highest BCUT2D eigenvalue weighted by molar-refractivity contribution is 5.34. The number of hydrogen-bond acceptors (Lipinski definition) is 6. The molecule has 1 aromatic rings. The highest BCUT2D eigenvalue weighted by Gasteiger charge is 2.42. The van der Waals surface area contributed by atoms with E-state index >= 15 is 0 Å². The first-order chi connectivity index (χ1) is 11.4. The average Bonchev–Trinajstić information content (AvgIpc) is 2.57. The number of hydrogen-bond donors (Lipinski definition) is 5. The lowest BCUT2D eigenvalue weighted by molar-refractivity contribution is -0.178. The summed E-state index contributed by atoms with van der Waals surface area (Å²) in [4.78, 5) is 0. The standard InChI is InChI=1S/C18H28O6/c1-11-8-12(5-6-14(11)20)4-2-3-7-24-15-9-13(10-19)16(21)18(23)17(15)22/h5-6,8,13,15-23H,2-4,7,9-10H2,1H3/t13-,15-,16-,17+,18+/m1/s1. The number of aryl methyl sites for hydroxylation is 2. The molecule has 1 aliphatic carbocycles. The van der Waals surface area contributed by atoms with Gasteiger partial charge in [0.15, 0.2) is 0 Å². The van der Waals surface area contributed by atoms with Gasteiger partial charge in [0, 0.05) is 19.1 Å². The number of aliphatic hydroxyl groups excluding tert-OH is 4. The molecule has 1 saturated carbocycles. The van der Waals surface area contributed by atoms with Gasteiger partial charge < -0.3 is 30.3 Å². The van der Waals surface area contributed by atoms with Crippen LogP contribution in [0.4, 0.5) is 0 Å². The molecule has 24 heavy (non-hydrogen) atoms. The number of benzene rings is 1. The molecule has 0 saturated heterocycles. The monoisotopic (exact) mass is 340 g/mol. The second-order valence-corrected chi connectivity index (χ2v) is 6.64. The molecule has 1 fully saturated rings. The van der Waals surface area contributed by atoms with E-state index in [1.54, 1.807) is 6.07 Å². The van der Waals surface area contributed by atoms with Gasteiger partial charge in [-0.05, 0) is 49.8 Å². The van der Waals surface area contributed by atoms with Crippen molar-refractivity contribution < 1.29 is 30.3 Å². The van der Waals surface area contributed by atoms with Crippen molar-refractivity contribution >= 4 is 0 Å². The topological polar surface area (TPSA) is 110 Å². The molecule has 6 nitrogen and oxygen atoms in total. The smallest absolute Gasteiger partial charge is 0.118 e. The third-order valence-electron chi connectivity index (χ3n) is 4.79. The first-order valence-electron chi connectivity index (χ1n) is 8.49. The molecule has 1 aliphatic rings. The Morgan fingerprint density at radius 2 is 1.83 bits per heavy atom. The minimum Gasteiger partial charge on any atom is -0.508 e. The summed E-state index contributed by atoms with van der Waals surface area (Å²) < 4.78 is 5.65. The van der Waals surface area contributed by atoms with Gasteiger partial charge in [0.2, 0.25) is 0 Å². The van der Waals surface area contributed by atoms with E-state index in [0.29, 0.717) is 18.8 Å². The number of rotatable bonds is 7. The van der Waals surface area contributed by atoms with Gasteiger partial charge in [-0.3, -0.25) is 0 Å². The number of aromatic hydroxyl groups is 1. The van der Waals surface area contributed by atoms with E-state index in [-0.39, 0.29) is 6.61 Å². The fourth-order valence-corrected chi connectivity index (χ4v) is 3.17. The van der Waals surface area contributed by atoms with Crippen LogP contribution >= 0.6 is 0 Å². The molecule has 1 aromatic carbocycles. The van der Waals surface area contributed by atoms with Crippen LogP contribution in [0.25, 0.3) is 0 Å². The Morgan fingerprint density at radius 3 is 2.50 bits per heavy atom. The molecule has 0 amide bonds. The van der Waals surface area contributed by atoms with Gasteiger partial charge in [-0.15, -0.1) is 0 Å². The largest absolute Gasteiger partial charge is 0.508 e. The van der Waals surface area contributed by atoms with Crippen LogP contribution in [0.5, 0.6) is 5.75 Å². The molecule has 6 heteroatoms. The molecule has 0 heterocycles. The van der Waals surface area contributed by atoms with E-state index in [4.69, 9.17) is 4.74 Å². The van der Waals surface area contributed by atoms with Gasteiger partial charge in [0.25, 0.3) is 0 Å². The Kier molecular flexibility index (Phi) is 7.01. The van der Waals surface area contributed by atoms with Gasteiger partial charge >= 0.3 is 0 Å². The van der Waals surface area contributed by atoms with Crippen LogP contribution in [0, 0.1) is 12.8 Å². The summed E-state index contributed by atoms with van der Waals surface area (Å²) in [5.41, 5.74) is 2.01. The Bertz CT molecular complexity index is 518. The zero-order chi connectivity index (χ0) is 17.7. The second kappa shape index (κ2) is 8.78. The van der Waals surface area contributed by atoms with Crippen LogP contribution in [-0.4, -0.2) is 63.2 Å². The Morgan fingerprint density at radius 1 is 1.08 bits per heavy atom. The van der Waals surface area contributed by atoms with Gasteiger partial charge in [-0.2, -0.15) is 0 Å². The van der Waals surface area contributed by atoms with Crippen molar-refractivity contribution in [3.05, 3.63) is 29.3 Å². The molecule has 2 rings (SSSR count). The van der Waals surface area contributed by atoms with E-state index in [9.17, 15) is 25.5 Å². The SMILES string of the molecule is Cc1cc(CCCCO[C@@H]2C[C@H](CO)[C@@H](O)[C@H](O)[C@H]2O)ccc1O. The maximum Gasteiger partial charge on any atom is 0.118 e. The maximum absolute atomic E-state index is 9.97. The van der Waals surface area contributed by atoms with Crippen molar-refractivity contribution in [2.75, 3.05) is 13.2 Å². The second-order valence-electron chi connectivity index (χ2n) is 6.64. The van der Waals surface area contributed by atoms with Crippen LogP contribution in [0.15, 0.2) is 18.2 Å². The third kappa shape index (κ3) is 4.68. The summed E-state index contributed by atoms with van der Waals surface area (Å²) in [6.07, 6.45) is -1.22.